The van der Waals surface area contributed by atoms with Gasteiger partial charge in [-0.1, -0.05) is 51.9 Å². The number of hydrogen-bond donors (Lipinski definition) is 5. The molecule has 0 amide bonds. The van der Waals surface area contributed by atoms with Crippen LogP contribution in [0.4, 0.5) is 0 Å². The van der Waals surface area contributed by atoms with Crippen LogP contribution >= 0.6 is 0 Å². The van der Waals surface area contributed by atoms with E-state index < -0.39 is 24.4 Å². The molecule has 0 radical (unpaired) electrons. The molecule has 0 aromatic heterocycles. The summed E-state index contributed by atoms with van der Waals surface area (Å²) in [5.74, 6) is 0. The molecule has 1 saturated heterocycles. The third-order valence-corrected chi connectivity index (χ3v) is 4.21. The van der Waals surface area contributed by atoms with E-state index in [9.17, 15) is 20.4 Å². The molecule has 1 rings (SSSR count). The molecule has 120 valence electrons. The summed E-state index contributed by atoms with van der Waals surface area (Å²) in [7, 11) is 0. The Morgan fingerprint density at radius 3 is 2.05 bits per heavy atom. The van der Waals surface area contributed by atoms with Crippen LogP contribution in [0, 0.1) is 0 Å². The molecule has 1 aliphatic heterocycles. The van der Waals surface area contributed by atoms with E-state index in [1.165, 1.54) is 32.1 Å². The van der Waals surface area contributed by atoms with Crippen LogP contribution in [0.5, 0.6) is 0 Å². The zero-order valence-corrected chi connectivity index (χ0v) is 12.5. The second-order valence-electron chi connectivity index (χ2n) is 5.96. The first kappa shape index (κ1) is 17.9. The van der Waals surface area contributed by atoms with Gasteiger partial charge in [-0.3, -0.25) is 0 Å². The molecule has 0 aliphatic carbocycles. The van der Waals surface area contributed by atoms with Crippen molar-refractivity contribution < 1.29 is 20.4 Å². The summed E-state index contributed by atoms with van der Waals surface area (Å²) in [6.07, 6.45) is 4.54. The van der Waals surface area contributed by atoms with Gasteiger partial charge in [-0.05, 0) is 6.42 Å². The van der Waals surface area contributed by atoms with Gasteiger partial charge in [0.2, 0.25) is 0 Å². The number of aliphatic hydroxyl groups is 4. The molecule has 0 aromatic carbocycles. The third kappa shape index (κ3) is 5.66. The summed E-state index contributed by atoms with van der Waals surface area (Å²) in [5.41, 5.74) is 0. The first-order valence-corrected chi connectivity index (χ1v) is 8.03. The summed E-state index contributed by atoms with van der Waals surface area (Å²) in [6.45, 7) is 2.41. The molecule has 0 bridgehead atoms. The van der Waals surface area contributed by atoms with E-state index in [2.05, 4.69) is 12.2 Å². The number of β-amino-alcohol motifs (C(OH)–C–C–N with tert-alkyl or cyclic N) is 1. The lowest BCUT2D eigenvalue weighted by Crippen LogP contribution is -2.47. The molecule has 1 fully saturated rings. The van der Waals surface area contributed by atoms with Crippen molar-refractivity contribution in [3.05, 3.63) is 0 Å². The molecule has 5 heteroatoms. The Kier molecular flexibility index (Phi) is 8.64. The largest absolute Gasteiger partial charge is 0.389 e. The lowest BCUT2D eigenvalue weighted by atomic mass is 9.96. The standard InChI is InChI=1S/C15H31NO4/c1-2-3-4-5-6-7-8-9-11-13(18)15(20)14(19)12(17)10-16-11/h11-20H,2-10H2,1H3/t11-,12-,13-,14+,15+/m0/s1. The minimum absolute atomic E-state index is 0.205. The quantitative estimate of drug-likeness (QED) is 0.421. The molecule has 0 saturated carbocycles. The zero-order chi connectivity index (χ0) is 15.0. The highest BCUT2D eigenvalue weighted by Crippen LogP contribution is 2.17. The van der Waals surface area contributed by atoms with Gasteiger partial charge in [0.05, 0.1) is 12.2 Å². The minimum Gasteiger partial charge on any atom is -0.389 e. The fourth-order valence-corrected chi connectivity index (χ4v) is 2.78. The second-order valence-corrected chi connectivity index (χ2v) is 5.96. The molecule has 0 spiro atoms. The number of aliphatic hydroxyl groups excluding tert-OH is 4. The number of nitrogens with one attached hydrogen (secondary N) is 1. The van der Waals surface area contributed by atoms with Crippen molar-refractivity contribution >= 4 is 0 Å². The van der Waals surface area contributed by atoms with Crippen molar-refractivity contribution in [1.82, 2.24) is 5.32 Å². The number of unbranched alkanes of at least 4 members (excludes halogenated alkanes) is 6. The topological polar surface area (TPSA) is 93.0 Å². The molecule has 1 heterocycles. The van der Waals surface area contributed by atoms with Gasteiger partial charge in [-0.25, -0.2) is 0 Å². The van der Waals surface area contributed by atoms with E-state index in [4.69, 9.17) is 0 Å². The molecular weight excluding hydrogens is 258 g/mol. The van der Waals surface area contributed by atoms with Crippen LogP contribution in [-0.4, -0.2) is 57.4 Å². The van der Waals surface area contributed by atoms with Gasteiger partial charge in [0.1, 0.15) is 12.2 Å². The molecule has 1 aliphatic rings. The van der Waals surface area contributed by atoms with Gasteiger partial charge < -0.3 is 25.7 Å². The van der Waals surface area contributed by atoms with Crippen molar-refractivity contribution in [2.45, 2.75) is 88.7 Å². The molecule has 5 atom stereocenters. The highest BCUT2D eigenvalue weighted by molar-refractivity contribution is 4.93. The van der Waals surface area contributed by atoms with Gasteiger partial charge in [0, 0.05) is 12.6 Å². The van der Waals surface area contributed by atoms with E-state index in [1.807, 2.05) is 0 Å². The van der Waals surface area contributed by atoms with E-state index in [-0.39, 0.29) is 12.6 Å². The smallest absolute Gasteiger partial charge is 0.110 e. The number of hydrogen-bond acceptors (Lipinski definition) is 5. The monoisotopic (exact) mass is 289 g/mol. The lowest BCUT2D eigenvalue weighted by Gasteiger charge is -2.26. The van der Waals surface area contributed by atoms with Crippen molar-refractivity contribution in [3.63, 3.8) is 0 Å². The van der Waals surface area contributed by atoms with E-state index >= 15 is 0 Å². The van der Waals surface area contributed by atoms with Crippen LogP contribution in [0.25, 0.3) is 0 Å². The number of rotatable bonds is 8. The zero-order valence-electron chi connectivity index (χ0n) is 12.5. The van der Waals surface area contributed by atoms with Crippen LogP contribution in [-0.2, 0) is 0 Å². The average Bonchev–Trinajstić information content (AvgIpc) is 2.53. The Morgan fingerprint density at radius 1 is 0.800 bits per heavy atom. The van der Waals surface area contributed by atoms with Crippen LogP contribution in [0.2, 0.25) is 0 Å². The second kappa shape index (κ2) is 9.68. The Morgan fingerprint density at radius 2 is 1.40 bits per heavy atom. The molecule has 5 nitrogen and oxygen atoms in total. The Balaban J connectivity index is 2.22. The van der Waals surface area contributed by atoms with Gasteiger partial charge in [-0.15, -0.1) is 0 Å². The van der Waals surface area contributed by atoms with Crippen LogP contribution in [0.3, 0.4) is 0 Å². The average molecular weight is 289 g/mol. The van der Waals surface area contributed by atoms with Gasteiger partial charge in [0.15, 0.2) is 0 Å². The van der Waals surface area contributed by atoms with Crippen LogP contribution < -0.4 is 5.32 Å². The van der Waals surface area contributed by atoms with Crippen molar-refractivity contribution in [2.75, 3.05) is 6.54 Å². The van der Waals surface area contributed by atoms with E-state index in [0.29, 0.717) is 0 Å². The summed E-state index contributed by atoms with van der Waals surface area (Å²) in [4.78, 5) is 0. The van der Waals surface area contributed by atoms with Gasteiger partial charge >= 0.3 is 0 Å². The van der Waals surface area contributed by atoms with Crippen LogP contribution in [0.1, 0.15) is 58.3 Å². The first-order chi connectivity index (χ1) is 9.57. The van der Waals surface area contributed by atoms with E-state index in [1.54, 1.807) is 0 Å². The van der Waals surface area contributed by atoms with Crippen LogP contribution in [0.15, 0.2) is 0 Å². The highest BCUT2D eigenvalue weighted by atomic mass is 16.4. The van der Waals surface area contributed by atoms with Gasteiger partial charge in [0.25, 0.3) is 0 Å². The Labute approximate surface area is 122 Å². The van der Waals surface area contributed by atoms with Crippen molar-refractivity contribution in [2.24, 2.45) is 0 Å². The van der Waals surface area contributed by atoms with E-state index in [0.717, 1.165) is 19.3 Å². The fraction of sp³-hybridized carbons (Fsp3) is 1.00. The minimum atomic E-state index is -1.28. The maximum Gasteiger partial charge on any atom is 0.110 e. The predicted octanol–water partition coefficient (Wildman–Crippen LogP) is 0.542. The Bertz CT molecular complexity index is 252. The van der Waals surface area contributed by atoms with Crippen molar-refractivity contribution in [3.8, 4) is 0 Å². The summed E-state index contributed by atoms with van der Waals surface area (Å²) in [5, 5.41) is 42.0. The maximum absolute atomic E-state index is 9.99. The third-order valence-electron chi connectivity index (χ3n) is 4.21. The molecule has 20 heavy (non-hydrogen) atoms. The molecule has 0 aromatic rings. The molecular formula is C15H31NO4. The molecule has 0 unspecified atom stereocenters. The van der Waals surface area contributed by atoms with Crippen molar-refractivity contribution in [1.29, 1.82) is 0 Å². The lowest BCUT2D eigenvalue weighted by molar-refractivity contribution is -0.0960. The summed E-state index contributed by atoms with van der Waals surface area (Å²) >= 11 is 0. The highest BCUT2D eigenvalue weighted by Gasteiger charge is 2.37. The predicted molar refractivity (Wildman–Crippen MR) is 78.4 cm³/mol. The normalized spacial score (nSPS) is 35.0. The molecule has 5 N–H and O–H groups in total. The van der Waals surface area contributed by atoms with Gasteiger partial charge in [-0.2, -0.15) is 0 Å². The first-order valence-electron chi connectivity index (χ1n) is 8.03. The SMILES string of the molecule is CCCCCCCCC[C@@H]1NC[C@H](O)[C@@H](O)[C@H](O)[C@H]1O. The Hall–Kier alpha value is -0.200. The fourth-order valence-electron chi connectivity index (χ4n) is 2.78. The summed E-state index contributed by atoms with van der Waals surface area (Å²) in [6, 6.07) is -0.257. The maximum atomic E-state index is 9.99. The summed E-state index contributed by atoms with van der Waals surface area (Å²) < 4.78 is 0.